The van der Waals surface area contributed by atoms with Crippen LogP contribution in [0.25, 0.3) is 0 Å². The number of nitrogens with zero attached hydrogens (tertiary/aromatic N) is 1. The second-order valence-electron chi connectivity index (χ2n) is 7.33. The zero-order valence-corrected chi connectivity index (χ0v) is 17.7. The lowest BCUT2D eigenvalue weighted by atomic mass is 9.98. The molecular weight excluding hydrogens is 402 g/mol. The van der Waals surface area contributed by atoms with E-state index in [-0.39, 0.29) is 22.8 Å². The smallest absolute Gasteiger partial charge is 0.262 e. The van der Waals surface area contributed by atoms with E-state index in [1.807, 2.05) is 19.1 Å². The molecule has 0 aliphatic heterocycles. The second-order valence-corrected chi connectivity index (χ2v) is 9.10. The first-order chi connectivity index (χ1) is 14.4. The fourth-order valence-electron chi connectivity index (χ4n) is 2.99. The van der Waals surface area contributed by atoms with E-state index in [0.29, 0.717) is 18.0 Å². The first kappa shape index (κ1) is 21.8. The molecule has 0 aromatic heterocycles. The predicted octanol–water partition coefficient (Wildman–Crippen LogP) is 3.34. The molecule has 3 rings (SSSR count). The van der Waals surface area contributed by atoms with Crippen molar-refractivity contribution in [1.82, 2.24) is 4.72 Å². The summed E-state index contributed by atoms with van der Waals surface area (Å²) in [5, 5.41) is 12.0. The average Bonchev–Trinajstić information content (AvgIpc) is 3.55. The SMILES string of the molecule is CCCCNS(=O)(=O)c1ccc(OCC(=O)Nc2ccc(C3(C#N)CC3)cc2)cc1. The number of ether oxygens (including phenoxy) is 1. The molecule has 2 aromatic carbocycles. The fraction of sp³-hybridized carbons (Fsp3) is 0.364. The number of benzene rings is 2. The van der Waals surface area contributed by atoms with Crippen molar-refractivity contribution in [2.24, 2.45) is 0 Å². The topological polar surface area (TPSA) is 108 Å². The fourth-order valence-corrected chi connectivity index (χ4v) is 4.06. The Morgan fingerprint density at radius 3 is 2.37 bits per heavy atom. The van der Waals surface area contributed by atoms with Gasteiger partial charge in [-0.2, -0.15) is 5.26 Å². The Balaban J connectivity index is 1.49. The molecule has 2 N–H and O–H groups in total. The molecule has 1 aliphatic carbocycles. The molecule has 0 radical (unpaired) electrons. The number of amides is 1. The summed E-state index contributed by atoms with van der Waals surface area (Å²) in [6.07, 6.45) is 3.43. The maximum atomic E-state index is 12.2. The molecule has 1 saturated carbocycles. The Morgan fingerprint density at radius 1 is 1.13 bits per heavy atom. The van der Waals surface area contributed by atoms with Gasteiger partial charge in [0.1, 0.15) is 5.75 Å². The first-order valence-electron chi connectivity index (χ1n) is 9.93. The molecule has 2 aromatic rings. The second kappa shape index (κ2) is 9.28. The van der Waals surface area contributed by atoms with Gasteiger partial charge in [0.2, 0.25) is 10.0 Å². The minimum atomic E-state index is -3.54. The first-order valence-corrected chi connectivity index (χ1v) is 11.4. The Kier molecular flexibility index (Phi) is 6.75. The lowest BCUT2D eigenvalue weighted by Gasteiger charge is -2.10. The molecule has 0 heterocycles. The summed E-state index contributed by atoms with van der Waals surface area (Å²) in [6.45, 7) is 2.18. The number of unbranched alkanes of at least 4 members (excludes halogenated alkanes) is 1. The van der Waals surface area contributed by atoms with Gasteiger partial charge in [-0.3, -0.25) is 4.79 Å². The summed E-state index contributed by atoms with van der Waals surface area (Å²) >= 11 is 0. The summed E-state index contributed by atoms with van der Waals surface area (Å²) in [4.78, 5) is 12.3. The number of hydrogen-bond donors (Lipinski definition) is 2. The number of carbonyl (C=O) groups excluding carboxylic acids is 1. The molecule has 0 bridgehead atoms. The van der Waals surface area contributed by atoms with Gasteiger partial charge >= 0.3 is 0 Å². The van der Waals surface area contributed by atoms with Crippen LogP contribution in [0, 0.1) is 11.3 Å². The Hall–Kier alpha value is -2.89. The van der Waals surface area contributed by atoms with E-state index in [2.05, 4.69) is 16.1 Å². The summed E-state index contributed by atoms with van der Waals surface area (Å²) < 4.78 is 32.3. The van der Waals surface area contributed by atoms with E-state index in [1.54, 1.807) is 12.1 Å². The maximum Gasteiger partial charge on any atom is 0.262 e. The Labute approximate surface area is 177 Å². The van der Waals surface area contributed by atoms with Crippen molar-refractivity contribution in [1.29, 1.82) is 5.26 Å². The Bertz CT molecular complexity index is 1020. The van der Waals surface area contributed by atoms with Crippen molar-refractivity contribution in [2.75, 3.05) is 18.5 Å². The molecule has 0 unspecified atom stereocenters. The third-order valence-corrected chi connectivity index (χ3v) is 6.49. The summed E-state index contributed by atoms with van der Waals surface area (Å²) in [5.41, 5.74) is 1.25. The molecule has 30 heavy (non-hydrogen) atoms. The van der Waals surface area contributed by atoms with Crippen LogP contribution in [0.3, 0.4) is 0 Å². The number of rotatable bonds is 10. The average molecular weight is 428 g/mol. The van der Waals surface area contributed by atoms with Gasteiger partial charge in [0, 0.05) is 12.2 Å². The van der Waals surface area contributed by atoms with Crippen molar-refractivity contribution in [3.8, 4) is 11.8 Å². The highest BCUT2D eigenvalue weighted by molar-refractivity contribution is 7.89. The minimum absolute atomic E-state index is 0.154. The highest BCUT2D eigenvalue weighted by Crippen LogP contribution is 2.47. The highest BCUT2D eigenvalue weighted by atomic mass is 32.2. The normalized spacial score (nSPS) is 14.5. The summed E-state index contributed by atoms with van der Waals surface area (Å²) in [5.74, 6) is 0.0693. The van der Waals surface area contributed by atoms with Crippen molar-refractivity contribution in [3.63, 3.8) is 0 Å². The lowest BCUT2D eigenvalue weighted by Crippen LogP contribution is -2.24. The van der Waals surface area contributed by atoms with Crippen LogP contribution in [0.5, 0.6) is 5.75 Å². The van der Waals surface area contributed by atoms with E-state index in [0.717, 1.165) is 31.2 Å². The molecule has 1 fully saturated rings. The zero-order chi connectivity index (χ0) is 21.6. The van der Waals surface area contributed by atoms with E-state index >= 15 is 0 Å². The number of sulfonamides is 1. The van der Waals surface area contributed by atoms with Gasteiger partial charge < -0.3 is 10.1 Å². The molecule has 0 saturated heterocycles. The van der Waals surface area contributed by atoms with Gasteiger partial charge in [-0.25, -0.2) is 13.1 Å². The number of nitrogens with one attached hydrogen (secondary N) is 2. The summed E-state index contributed by atoms with van der Waals surface area (Å²) in [7, 11) is -3.54. The third-order valence-electron chi connectivity index (χ3n) is 5.01. The van der Waals surface area contributed by atoms with Crippen LogP contribution in [0.15, 0.2) is 53.4 Å². The van der Waals surface area contributed by atoms with Crippen LogP contribution in [0.4, 0.5) is 5.69 Å². The highest BCUT2D eigenvalue weighted by Gasteiger charge is 2.44. The van der Waals surface area contributed by atoms with Crippen LogP contribution in [0.2, 0.25) is 0 Å². The molecule has 158 valence electrons. The standard InChI is InChI=1S/C22H25N3O4S/c1-2-3-14-24-30(27,28)20-10-8-19(9-11-20)29-15-21(26)25-18-6-4-17(5-7-18)22(16-23)12-13-22/h4-11,24H,2-3,12-15H2,1H3,(H,25,26). The Morgan fingerprint density at radius 2 is 1.80 bits per heavy atom. The van der Waals surface area contributed by atoms with Gasteiger partial charge in [0.15, 0.2) is 6.61 Å². The molecule has 1 aliphatic rings. The van der Waals surface area contributed by atoms with Crippen molar-refractivity contribution in [2.45, 2.75) is 42.9 Å². The van der Waals surface area contributed by atoms with Crippen molar-refractivity contribution < 1.29 is 17.9 Å². The number of hydrogen-bond acceptors (Lipinski definition) is 5. The van der Waals surface area contributed by atoms with Crippen LogP contribution < -0.4 is 14.8 Å². The molecular formula is C22H25N3O4S. The van der Waals surface area contributed by atoms with E-state index in [4.69, 9.17) is 4.74 Å². The molecule has 0 atom stereocenters. The number of carbonyl (C=O) groups is 1. The lowest BCUT2D eigenvalue weighted by molar-refractivity contribution is -0.118. The van der Waals surface area contributed by atoms with Crippen LogP contribution in [-0.2, 0) is 20.2 Å². The van der Waals surface area contributed by atoms with Crippen molar-refractivity contribution in [3.05, 3.63) is 54.1 Å². The van der Waals surface area contributed by atoms with E-state index in [1.165, 1.54) is 24.3 Å². The van der Waals surface area contributed by atoms with Gasteiger partial charge in [-0.1, -0.05) is 25.5 Å². The van der Waals surface area contributed by atoms with E-state index in [9.17, 15) is 18.5 Å². The summed E-state index contributed by atoms with van der Waals surface area (Å²) in [6, 6.07) is 15.6. The molecule has 1 amide bonds. The van der Waals surface area contributed by atoms with E-state index < -0.39 is 10.0 Å². The van der Waals surface area contributed by atoms with Crippen LogP contribution >= 0.6 is 0 Å². The molecule has 7 nitrogen and oxygen atoms in total. The van der Waals surface area contributed by atoms with Gasteiger partial charge in [0.25, 0.3) is 5.91 Å². The van der Waals surface area contributed by atoms with Crippen LogP contribution in [-0.4, -0.2) is 27.5 Å². The van der Waals surface area contributed by atoms with Gasteiger partial charge in [-0.15, -0.1) is 0 Å². The van der Waals surface area contributed by atoms with Gasteiger partial charge in [0.05, 0.1) is 16.4 Å². The van der Waals surface area contributed by atoms with Crippen molar-refractivity contribution >= 4 is 21.6 Å². The van der Waals surface area contributed by atoms with Crippen LogP contribution in [0.1, 0.15) is 38.2 Å². The maximum absolute atomic E-state index is 12.2. The molecule has 8 heteroatoms. The monoisotopic (exact) mass is 427 g/mol. The predicted molar refractivity (Wildman–Crippen MR) is 114 cm³/mol. The largest absolute Gasteiger partial charge is 0.484 e. The zero-order valence-electron chi connectivity index (χ0n) is 16.8. The van der Waals surface area contributed by atoms with Gasteiger partial charge in [-0.05, 0) is 61.2 Å². The third kappa shape index (κ3) is 5.38. The number of nitriles is 1. The molecule has 0 spiro atoms. The number of anilines is 1. The quantitative estimate of drug-likeness (QED) is 0.566. The minimum Gasteiger partial charge on any atom is -0.484 e.